The number of rotatable bonds is 3. The number of nitrogens with zero attached hydrogens (tertiary/aromatic N) is 3. The highest BCUT2D eigenvalue weighted by Crippen LogP contribution is 2.33. The minimum atomic E-state index is -4.36. The minimum absolute atomic E-state index is 0.0239. The van der Waals surface area contributed by atoms with Crippen LogP contribution in [0.1, 0.15) is 46.6 Å². The third-order valence-corrected chi connectivity index (χ3v) is 7.09. The lowest BCUT2D eigenvalue weighted by molar-refractivity contribution is -0.137. The first-order valence-corrected chi connectivity index (χ1v) is 10.8. The Labute approximate surface area is 172 Å². The summed E-state index contributed by atoms with van der Waals surface area (Å²) in [7, 11) is 0. The smallest absolute Gasteiger partial charge is 0.335 e. The summed E-state index contributed by atoms with van der Waals surface area (Å²) in [6, 6.07) is 5.60. The topological polar surface area (TPSA) is 36.4 Å². The average Bonchev–Trinajstić information content (AvgIpc) is 3.37. The largest absolute Gasteiger partial charge is 0.416 e. The van der Waals surface area contributed by atoms with E-state index >= 15 is 0 Å². The van der Waals surface area contributed by atoms with Gasteiger partial charge in [0.1, 0.15) is 9.88 Å². The summed E-state index contributed by atoms with van der Waals surface area (Å²) in [6.45, 7) is 5.01. The van der Waals surface area contributed by atoms with Crippen LogP contribution in [0.3, 0.4) is 0 Å². The molecule has 2 fully saturated rings. The summed E-state index contributed by atoms with van der Waals surface area (Å²) in [5.74, 6) is -0.0239. The van der Waals surface area contributed by atoms with Crippen LogP contribution in [0.4, 0.5) is 13.2 Å². The van der Waals surface area contributed by atoms with Gasteiger partial charge in [-0.1, -0.05) is 25.0 Å². The zero-order chi connectivity index (χ0) is 20.6. The molecule has 0 radical (unpaired) electrons. The Balaban J connectivity index is 1.44. The number of piperazine rings is 1. The first-order valence-electron chi connectivity index (χ1n) is 10.0. The van der Waals surface area contributed by atoms with Crippen molar-refractivity contribution in [1.29, 1.82) is 0 Å². The van der Waals surface area contributed by atoms with Crippen LogP contribution in [-0.4, -0.2) is 52.9 Å². The molecule has 1 aliphatic heterocycles. The van der Waals surface area contributed by atoms with Gasteiger partial charge < -0.3 is 4.90 Å². The van der Waals surface area contributed by atoms with Gasteiger partial charge in [-0.05, 0) is 31.9 Å². The lowest BCUT2D eigenvalue weighted by atomic mass is 10.1. The molecule has 2 aliphatic rings. The van der Waals surface area contributed by atoms with Gasteiger partial charge in [-0.15, -0.1) is 11.3 Å². The van der Waals surface area contributed by atoms with E-state index in [-0.39, 0.29) is 5.91 Å². The lowest BCUT2D eigenvalue weighted by Crippen LogP contribution is -2.51. The fourth-order valence-electron chi connectivity index (χ4n) is 4.22. The van der Waals surface area contributed by atoms with Crippen LogP contribution in [-0.2, 0) is 6.18 Å². The van der Waals surface area contributed by atoms with E-state index in [1.807, 2.05) is 4.90 Å². The van der Waals surface area contributed by atoms with Crippen LogP contribution in [0.5, 0.6) is 0 Å². The molecule has 1 amide bonds. The van der Waals surface area contributed by atoms with Crippen LogP contribution in [0, 0.1) is 6.92 Å². The maximum atomic E-state index is 13.0. The minimum Gasteiger partial charge on any atom is -0.335 e. The second-order valence-corrected chi connectivity index (χ2v) is 8.77. The monoisotopic (exact) mass is 423 g/mol. The molecular weight excluding hydrogens is 399 g/mol. The van der Waals surface area contributed by atoms with E-state index < -0.39 is 11.7 Å². The van der Waals surface area contributed by atoms with Crippen molar-refractivity contribution in [3.8, 4) is 10.6 Å². The highest BCUT2D eigenvalue weighted by molar-refractivity contribution is 7.17. The second kappa shape index (κ2) is 8.07. The molecule has 0 N–H and O–H groups in total. The van der Waals surface area contributed by atoms with Crippen LogP contribution in [0.25, 0.3) is 10.6 Å². The molecule has 1 aliphatic carbocycles. The Morgan fingerprint density at radius 3 is 2.28 bits per heavy atom. The molecule has 156 valence electrons. The van der Waals surface area contributed by atoms with Crippen LogP contribution < -0.4 is 0 Å². The van der Waals surface area contributed by atoms with Crippen molar-refractivity contribution in [2.75, 3.05) is 26.2 Å². The number of alkyl halides is 3. The maximum absolute atomic E-state index is 13.0. The Hall–Kier alpha value is -1.93. The molecule has 1 saturated carbocycles. The number of aryl methyl sites for hydroxylation is 1. The van der Waals surface area contributed by atoms with E-state index in [2.05, 4.69) is 9.88 Å². The van der Waals surface area contributed by atoms with Gasteiger partial charge in [0.2, 0.25) is 0 Å². The van der Waals surface area contributed by atoms with Gasteiger partial charge in [-0.25, -0.2) is 4.98 Å². The highest BCUT2D eigenvalue weighted by atomic mass is 32.1. The molecule has 8 heteroatoms. The third-order valence-electron chi connectivity index (χ3n) is 5.89. The van der Waals surface area contributed by atoms with Crippen molar-refractivity contribution in [2.24, 2.45) is 0 Å². The molecule has 2 heterocycles. The molecule has 0 bridgehead atoms. The van der Waals surface area contributed by atoms with Gasteiger partial charge in [0.25, 0.3) is 5.91 Å². The fourth-order valence-corrected chi connectivity index (χ4v) is 5.26. The number of benzene rings is 1. The van der Waals surface area contributed by atoms with Crippen LogP contribution in [0.15, 0.2) is 24.3 Å². The molecule has 1 saturated heterocycles. The van der Waals surface area contributed by atoms with Crippen LogP contribution in [0.2, 0.25) is 0 Å². The Kier molecular flexibility index (Phi) is 5.66. The van der Waals surface area contributed by atoms with Gasteiger partial charge in [0.15, 0.2) is 0 Å². The highest BCUT2D eigenvalue weighted by Gasteiger charge is 2.31. The zero-order valence-electron chi connectivity index (χ0n) is 16.3. The van der Waals surface area contributed by atoms with Gasteiger partial charge >= 0.3 is 6.18 Å². The van der Waals surface area contributed by atoms with Crippen molar-refractivity contribution >= 4 is 17.2 Å². The summed E-state index contributed by atoms with van der Waals surface area (Å²) < 4.78 is 38.3. The average molecular weight is 424 g/mol. The third kappa shape index (κ3) is 4.33. The zero-order valence-corrected chi connectivity index (χ0v) is 17.2. The summed E-state index contributed by atoms with van der Waals surface area (Å²) >= 11 is 1.26. The first-order chi connectivity index (χ1) is 13.8. The van der Waals surface area contributed by atoms with Crippen molar-refractivity contribution < 1.29 is 18.0 Å². The molecular formula is C21H24F3N3OS. The summed E-state index contributed by atoms with van der Waals surface area (Å²) in [4.78, 5) is 22.4. The molecule has 0 spiro atoms. The van der Waals surface area contributed by atoms with E-state index in [4.69, 9.17) is 0 Å². The number of aromatic nitrogens is 1. The predicted octanol–water partition coefficient (Wildman–Crippen LogP) is 4.84. The van der Waals surface area contributed by atoms with E-state index in [0.29, 0.717) is 40.3 Å². The molecule has 1 aromatic carbocycles. The Bertz CT molecular complexity index is 864. The molecule has 4 nitrogen and oxygen atoms in total. The summed E-state index contributed by atoms with van der Waals surface area (Å²) in [6.07, 6.45) is 0.767. The van der Waals surface area contributed by atoms with Crippen molar-refractivity contribution in [3.63, 3.8) is 0 Å². The van der Waals surface area contributed by atoms with E-state index in [1.165, 1.54) is 49.2 Å². The van der Waals surface area contributed by atoms with Gasteiger partial charge in [-0.2, -0.15) is 13.2 Å². The summed E-state index contributed by atoms with van der Waals surface area (Å²) in [5.41, 5.74) is 0.537. The van der Waals surface area contributed by atoms with Crippen molar-refractivity contribution in [3.05, 3.63) is 40.4 Å². The number of hydrogen-bond donors (Lipinski definition) is 0. The number of carbonyl (C=O) groups is 1. The van der Waals surface area contributed by atoms with Gasteiger partial charge in [0.05, 0.1) is 11.3 Å². The first kappa shape index (κ1) is 20.3. The molecule has 0 unspecified atom stereocenters. The SMILES string of the molecule is Cc1nc(-c2ccc(C(F)(F)F)cc2)sc1C(=O)N1CCN(C2CCCC2)CC1. The summed E-state index contributed by atoms with van der Waals surface area (Å²) in [5, 5.41) is 0.573. The molecule has 29 heavy (non-hydrogen) atoms. The maximum Gasteiger partial charge on any atom is 0.416 e. The van der Waals surface area contributed by atoms with E-state index in [1.54, 1.807) is 6.92 Å². The van der Waals surface area contributed by atoms with Crippen molar-refractivity contribution in [1.82, 2.24) is 14.8 Å². The van der Waals surface area contributed by atoms with Crippen molar-refractivity contribution in [2.45, 2.75) is 44.8 Å². The lowest BCUT2D eigenvalue weighted by Gasteiger charge is -2.37. The quantitative estimate of drug-likeness (QED) is 0.709. The van der Waals surface area contributed by atoms with Gasteiger partial charge in [0, 0.05) is 37.8 Å². The molecule has 1 aromatic heterocycles. The van der Waals surface area contributed by atoms with E-state index in [0.717, 1.165) is 25.2 Å². The number of halogens is 3. The fraction of sp³-hybridized carbons (Fsp3) is 0.524. The van der Waals surface area contributed by atoms with E-state index in [9.17, 15) is 18.0 Å². The second-order valence-electron chi connectivity index (χ2n) is 7.78. The standard InChI is InChI=1S/C21H24F3N3OS/c1-14-18(20(28)27-12-10-26(11-13-27)17-4-2-3-5-17)29-19(25-14)15-6-8-16(9-7-15)21(22,23)24/h6-9,17H,2-5,10-13H2,1H3. The number of hydrogen-bond acceptors (Lipinski definition) is 4. The molecule has 0 atom stereocenters. The number of thiazole rings is 1. The Morgan fingerprint density at radius 2 is 1.69 bits per heavy atom. The Morgan fingerprint density at radius 1 is 1.07 bits per heavy atom. The normalized spacial score (nSPS) is 19.1. The number of carbonyl (C=O) groups excluding carboxylic acids is 1. The molecule has 2 aromatic rings. The van der Waals surface area contributed by atoms with Crippen LogP contribution >= 0.6 is 11.3 Å². The van der Waals surface area contributed by atoms with Gasteiger partial charge in [-0.3, -0.25) is 9.69 Å². The molecule has 4 rings (SSSR count). The predicted molar refractivity (Wildman–Crippen MR) is 107 cm³/mol. The number of amides is 1.